The molecule has 0 aromatic heterocycles. The Balaban J connectivity index is 1.39. The summed E-state index contributed by atoms with van der Waals surface area (Å²) in [5.41, 5.74) is 4.72. The van der Waals surface area contributed by atoms with E-state index < -0.39 is 0 Å². The second-order valence-electron chi connectivity index (χ2n) is 9.64. The molecule has 0 bridgehead atoms. The highest BCUT2D eigenvalue weighted by molar-refractivity contribution is 6.38. The third-order valence-corrected chi connectivity index (χ3v) is 7.22. The zero-order valence-electron chi connectivity index (χ0n) is 21.4. The lowest BCUT2D eigenvalue weighted by Crippen LogP contribution is -2.48. The van der Waals surface area contributed by atoms with Crippen molar-refractivity contribution in [2.45, 2.75) is 0 Å². The fourth-order valence-electron chi connectivity index (χ4n) is 4.66. The summed E-state index contributed by atoms with van der Waals surface area (Å²) in [7, 11) is 3.88. The molecule has 196 valence electrons. The lowest BCUT2D eigenvalue weighted by Gasteiger charge is -2.32. The van der Waals surface area contributed by atoms with Crippen LogP contribution in [-0.2, 0) is 9.59 Å². The Morgan fingerprint density at radius 1 is 1.03 bits per heavy atom. The Kier molecular flexibility index (Phi) is 7.37. The first-order chi connectivity index (χ1) is 18.3. The van der Waals surface area contributed by atoms with Crippen LogP contribution in [-0.4, -0.2) is 73.5 Å². The quantitative estimate of drug-likeness (QED) is 0.413. The molecule has 1 saturated heterocycles. The summed E-state index contributed by atoms with van der Waals surface area (Å²) in [6.07, 6.45) is 0. The van der Waals surface area contributed by atoms with Crippen LogP contribution < -0.4 is 15.5 Å². The van der Waals surface area contributed by atoms with E-state index in [0.29, 0.717) is 28.5 Å². The monoisotopic (exact) mass is 531 g/mol. The van der Waals surface area contributed by atoms with Crippen molar-refractivity contribution in [3.05, 3.63) is 82.9 Å². The number of nitrogens with one attached hydrogen (secondary N) is 2. The number of rotatable bonds is 6. The largest absolute Gasteiger partial charge is 0.508 e. The molecule has 0 radical (unpaired) electrons. The number of halogens is 1. The number of amides is 2. The number of fused-ring (bicyclic) bond motifs is 1. The Morgan fingerprint density at radius 2 is 1.71 bits per heavy atom. The number of phenols is 1. The Hall–Kier alpha value is -3.85. The summed E-state index contributed by atoms with van der Waals surface area (Å²) >= 11 is 6.14. The van der Waals surface area contributed by atoms with Gasteiger partial charge in [0.15, 0.2) is 0 Å². The first-order valence-corrected chi connectivity index (χ1v) is 12.9. The van der Waals surface area contributed by atoms with Crippen LogP contribution in [0.4, 0.5) is 17.1 Å². The van der Waals surface area contributed by atoms with Crippen LogP contribution in [0.25, 0.3) is 11.3 Å². The van der Waals surface area contributed by atoms with E-state index in [1.54, 1.807) is 48.3 Å². The van der Waals surface area contributed by atoms with Gasteiger partial charge >= 0.3 is 0 Å². The van der Waals surface area contributed by atoms with Gasteiger partial charge in [-0.25, -0.2) is 0 Å². The molecule has 2 heterocycles. The van der Waals surface area contributed by atoms with E-state index in [9.17, 15) is 14.7 Å². The maximum Gasteiger partial charge on any atom is 0.258 e. The highest BCUT2D eigenvalue weighted by Crippen LogP contribution is 2.39. The molecule has 3 aromatic carbocycles. The van der Waals surface area contributed by atoms with Crippen LogP contribution in [0.1, 0.15) is 11.1 Å². The second kappa shape index (κ2) is 10.9. The molecule has 38 heavy (non-hydrogen) atoms. The molecule has 3 aromatic rings. The molecule has 2 aliphatic heterocycles. The molecule has 0 saturated carbocycles. The summed E-state index contributed by atoms with van der Waals surface area (Å²) in [5.74, 6) is -0.0708. The smallest absolute Gasteiger partial charge is 0.258 e. The number of phenolic OH excluding ortho intramolecular Hbond substituents is 1. The number of piperazine rings is 1. The van der Waals surface area contributed by atoms with Gasteiger partial charge in [0.1, 0.15) is 5.75 Å². The summed E-state index contributed by atoms with van der Waals surface area (Å²) < 4.78 is 0. The van der Waals surface area contributed by atoms with E-state index in [0.717, 1.165) is 48.7 Å². The van der Waals surface area contributed by atoms with E-state index in [-0.39, 0.29) is 17.6 Å². The minimum atomic E-state index is -0.247. The molecule has 0 aliphatic carbocycles. The highest BCUT2D eigenvalue weighted by atomic mass is 35.5. The van der Waals surface area contributed by atoms with Crippen molar-refractivity contribution < 1.29 is 14.7 Å². The van der Waals surface area contributed by atoms with Gasteiger partial charge in [-0.15, -0.1) is 0 Å². The standard InChI is InChI=1S/C29H30ClN5O3/c1-33-13-15-35(16-14-33)18-26(37)34(2)22-8-6-21(7-9-22)31-28(19-3-10-23(36)11-4-19)27-24-12-5-20(30)17-25(24)32-29(27)38/h3-12,17,31,36H,13-16,18H2,1-2H3,(H,32,38). The number of aromatic hydroxyl groups is 1. The van der Waals surface area contributed by atoms with Crippen molar-refractivity contribution in [3.8, 4) is 5.75 Å². The summed E-state index contributed by atoms with van der Waals surface area (Å²) in [6, 6.07) is 19.5. The van der Waals surface area contributed by atoms with Gasteiger partial charge in [-0.2, -0.15) is 0 Å². The number of anilines is 3. The van der Waals surface area contributed by atoms with Crippen molar-refractivity contribution in [3.63, 3.8) is 0 Å². The second-order valence-corrected chi connectivity index (χ2v) is 10.1. The minimum absolute atomic E-state index is 0.0417. The molecular weight excluding hydrogens is 502 g/mol. The lowest BCUT2D eigenvalue weighted by atomic mass is 10.00. The Morgan fingerprint density at radius 3 is 2.39 bits per heavy atom. The van der Waals surface area contributed by atoms with E-state index in [4.69, 9.17) is 11.6 Å². The van der Waals surface area contributed by atoms with Gasteiger partial charge in [0, 0.05) is 55.2 Å². The molecule has 5 rings (SSSR count). The molecule has 0 spiro atoms. The lowest BCUT2D eigenvalue weighted by molar-refractivity contribution is -0.119. The predicted octanol–water partition coefficient (Wildman–Crippen LogP) is 4.19. The predicted molar refractivity (Wildman–Crippen MR) is 152 cm³/mol. The van der Waals surface area contributed by atoms with Gasteiger partial charge in [-0.1, -0.05) is 17.7 Å². The van der Waals surface area contributed by atoms with E-state index in [1.807, 2.05) is 30.3 Å². The van der Waals surface area contributed by atoms with Crippen molar-refractivity contribution in [2.75, 3.05) is 62.4 Å². The number of carbonyl (C=O) groups is 2. The Bertz CT molecular complexity index is 1380. The zero-order valence-corrected chi connectivity index (χ0v) is 22.1. The number of carbonyl (C=O) groups excluding carboxylic acids is 2. The first-order valence-electron chi connectivity index (χ1n) is 12.5. The van der Waals surface area contributed by atoms with Crippen LogP contribution in [0.3, 0.4) is 0 Å². The fraction of sp³-hybridized carbons (Fsp3) is 0.241. The number of hydrogen-bond acceptors (Lipinski definition) is 6. The van der Waals surface area contributed by atoms with Crippen LogP contribution in [0.15, 0.2) is 66.7 Å². The van der Waals surface area contributed by atoms with Crippen molar-refractivity contribution in [2.24, 2.45) is 0 Å². The molecule has 1 fully saturated rings. The average Bonchev–Trinajstić information content (AvgIpc) is 3.23. The molecule has 2 aliphatic rings. The van der Waals surface area contributed by atoms with Crippen molar-refractivity contribution in [1.29, 1.82) is 0 Å². The number of likely N-dealkylation sites (N-methyl/N-ethyl adjacent to an activating group) is 2. The molecule has 2 amide bonds. The van der Waals surface area contributed by atoms with Crippen LogP contribution >= 0.6 is 11.6 Å². The highest BCUT2D eigenvalue weighted by Gasteiger charge is 2.29. The fourth-order valence-corrected chi connectivity index (χ4v) is 4.83. The number of nitrogens with zero attached hydrogens (tertiary/aromatic N) is 3. The third-order valence-electron chi connectivity index (χ3n) is 6.99. The van der Waals surface area contributed by atoms with Crippen LogP contribution in [0.5, 0.6) is 5.75 Å². The summed E-state index contributed by atoms with van der Waals surface area (Å²) in [6.45, 7) is 4.09. The molecule has 3 N–H and O–H groups in total. The number of benzene rings is 3. The minimum Gasteiger partial charge on any atom is -0.508 e. The molecule has 0 unspecified atom stereocenters. The van der Waals surface area contributed by atoms with Gasteiger partial charge in [0.25, 0.3) is 5.91 Å². The maximum absolute atomic E-state index is 13.1. The average molecular weight is 532 g/mol. The summed E-state index contributed by atoms with van der Waals surface area (Å²) in [5, 5.41) is 16.6. The summed E-state index contributed by atoms with van der Waals surface area (Å²) in [4.78, 5) is 32.1. The van der Waals surface area contributed by atoms with Crippen molar-refractivity contribution >= 4 is 51.7 Å². The van der Waals surface area contributed by atoms with Crippen LogP contribution in [0, 0.1) is 0 Å². The van der Waals surface area contributed by atoms with E-state index >= 15 is 0 Å². The topological polar surface area (TPSA) is 88.2 Å². The molecule has 0 atom stereocenters. The van der Waals surface area contributed by atoms with Gasteiger partial charge in [-0.3, -0.25) is 14.5 Å². The molecule has 9 heteroatoms. The van der Waals surface area contributed by atoms with Crippen LogP contribution in [0.2, 0.25) is 5.02 Å². The maximum atomic E-state index is 13.1. The van der Waals surface area contributed by atoms with Gasteiger partial charge in [-0.05, 0) is 73.3 Å². The molecule has 8 nitrogen and oxygen atoms in total. The van der Waals surface area contributed by atoms with Crippen molar-refractivity contribution in [1.82, 2.24) is 9.80 Å². The SMILES string of the molecule is CN1CCN(CC(=O)N(C)c2ccc(NC(=C3C(=O)Nc4cc(Cl)ccc43)c3ccc(O)cc3)cc2)CC1. The van der Waals surface area contributed by atoms with E-state index in [1.165, 1.54) is 0 Å². The third kappa shape index (κ3) is 5.52. The Labute approximate surface area is 227 Å². The number of hydrogen-bond donors (Lipinski definition) is 3. The van der Waals surface area contributed by atoms with Gasteiger partial charge in [0.2, 0.25) is 5.91 Å². The van der Waals surface area contributed by atoms with E-state index in [2.05, 4.69) is 27.5 Å². The van der Waals surface area contributed by atoms with Gasteiger partial charge < -0.3 is 25.5 Å². The first kappa shape index (κ1) is 25.8. The normalized spacial score (nSPS) is 17.1. The molecular formula is C29H30ClN5O3. The van der Waals surface area contributed by atoms with Gasteiger partial charge in [0.05, 0.1) is 23.5 Å². The zero-order chi connectivity index (χ0) is 26.8.